The average Bonchev–Trinajstić information content (AvgIpc) is 3.33. The lowest BCUT2D eigenvalue weighted by Crippen LogP contribution is -2.44. The van der Waals surface area contributed by atoms with E-state index in [1.807, 2.05) is 0 Å². The van der Waals surface area contributed by atoms with E-state index in [-0.39, 0.29) is 17.7 Å². The fourth-order valence-corrected chi connectivity index (χ4v) is 4.60. The number of amides is 1. The van der Waals surface area contributed by atoms with Crippen molar-refractivity contribution in [3.63, 3.8) is 0 Å². The predicted octanol–water partition coefficient (Wildman–Crippen LogP) is 3.38. The zero-order valence-corrected chi connectivity index (χ0v) is 18.9. The Kier molecular flexibility index (Phi) is 6.61. The molecular weight excluding hydrogens is 460 g/mol. The first-order valence-corrected chi connectivity index (χ1v) is 11.3. The molecule has 3 rings (SSSR count). The summed E-state index contributed by atoms with van der Waals surface area (Å²) in [5, 5.41) is 20.1. The maximum Gasteiger partial charge on any atom is 0.404 e. The molecule has 178 valence electrons. The highest BCUT2D eigenvalue weighted by atomic mass is 32.2. The van der Waals surface area contributed by atoms with Crippen LogP contribution in [0, 0.1) is 17.2 Å². The van der Waals surface area contributed by atoms with Crippen molar-refractivity contribution >= 4 is 16.1 Å². The number of hydrogen-bond donors (Lipinski definition) is 3. The van der Waals surface area contributed by atoms with Crippen molar-refractivity contribution in [1.29, 1.82) is 0 Å². The molecule has 0 aliphatic heterocycles. The van der Waals surface area contributed by atoms with Gasteiger partial charge in [-0.05, 0) is 36.1 Å². The van der Waals surface area contributed by atoms with E-state index >= 15 is 4.39 Å². The molecule has 0 aliphatic carbocycles. The van der Waals surface area contributed by atoms with Crippen LogP contribution in [0.25, 0.3) is 11.3 Å². The molecule has 3 aromatic rings. The summed E-state index contributed by atoms with van der Waals surface area (Å²) >= 11 is 0. The second-order valence-electron chi connectivity index (χ2n) is 8.41. The van der Waals surface area contributed by atoms with Gasteiger partial charge in [0.2, 0.25) is 11.0 Å². The van der Waals surface area contributed by atoms with Gasteiger partial charge in [0.25, 0.3) is 0 Å². The standard InChI is InChI=1S/C21H23F2N3O6S/c1-21(2,3)15(25-20(28)29)9-12-10-26(33(30,31)16-7-6-13(11-27)32-16)18(17(12)22)14-5-4-8-24-19(14)23/h4-8,10,15,25,27H,9,11H2,1-3H3,(H,28,29). The normalized spacial score (nSPS) is 13.2. The Labute approximate surface area is 188 Å². The van der Waals surface area contributed by atoms with E-state index in [0.29, 0.717) is 3.97 Å². The monoisotopic (exact) mass is 483 g/mol. The van der Waals surface area contributed by atoms with Gasteiger partial charge in [-0.25, -0.2) is 18.1 Å². The summed E-state index contributed by atoms with van der Waals surface area (Å²) in [5.41, 5.74) is -1.82. The van der Waals surface area contributed by atoms with E-state index in [0.717, 1.165) is 18.5 Å². The summed E-state index contributed by atoms with van der Waals surface area (Å²) in [4.78, 5) is 14.7. The first-order chi connectivity index (χ1) is 15.4. The van der Waals surface area contributed by atoms with Gasteiger partial charge in [-0.1, -0.05) is 20.8 Å². The van der Waals surface area contributed by atoms with Crippen LogP contribution in [0.5, 0.6) is 0 Å². The summed E-state index contributed by atoms with van der Waals surface area (Å²) in [6.07, 6.45) is 0.564. The van der Waals surface area contributed by atoms with Gasteiger partial charge < -0.3 is 19.9 Å². The molecule has 0 aliphatic rings. The molecule has 0 radical (unpaired) electrons. The number of pyridine rings is 1. The highest BCUT2D eigenvalue weighted by Gasteiger charge is 2.33. The van der Waals surface area contributed by atoms with Gasteiger partial charge in [-0.15, -0.1) is 0 Å². The number of nitrogens with zero attached hydrogens (tertiary/aromatic N) is 2. The van der Waals surface area contributed by atoms with Crippen LogP contribution in [0.4, 0.5) is 13.6 Å². The van der Waals surface area contributed by atoms with Crippen molar-refractivity contribution < 1.29 is 36.6 Å². The summed E-state index contributed by atoms with van der Waals surface area (Å²) in [7, 11) is -4.55. The van der Waals surface area contributed by atoms with Crippen molar-refractivity contribution in [1.82, 2.24) is 14.3 Å². The second kappa shape index (κ2) is 8.94. The van der Waals surface area contributed by atoms with E-state index in [1.165, 1.54) is 18.2 Å². The number of aliphatic hydroxyl groups excluding tert-OH is 1. The number of halogens is 2. The largest absolute Gasteiger partial charge is 0.465 e. The molecule has 9 nitrogen and oxygen atoms in total. The molecule has 3 heterocycles. The predicted molar refractivity (Wildman–Crippen MR) is 113 cm³/mol. The molecule has 1 atom stereocenters. The molecule has 0 spiro atoms. The van der Waals surface area contributed by atoms with E-state index in [1.54, 1.807) is 20.8 Å². The summed E-state index contributed by atoms with van der Waals surface area (Å²) in [5.74, 6) is -2.17. The first-order valence-electron chi connectivity index (χ1n) is 9.81. The lowest BCUT2D eigenvalue weighted by Gasteiger charge is -2.30. The molecule has 12 heteroatoms. The van der Waals surface area contributed by atoms with E-state index in [4.69, 9.17) is 4.42 Å². The Morgan fingerprint density at radius 2 is 1.97 bits per heavy atom. The minimum atomic E-state index is -4.55. The third-order valence-corrected chi connectivity index (χ3v) is 6.60. The molecule has 3 N–H and O–H groups in total. The molecule has 0 saturated carbocycles. The van der Waals surface area contributed by atoms with Gasteiger partial charge in [-0.3, -0.25) is 0 Å². The Morgan fingerprint density at radius 1 is 1.27 bits per heavy atom. The summed E-state index contributed by atoms with van der Waals surface area (Å²) < 4.78 is 62.3. The quantitative estimate of drug-likeness (QED) is 0.439. The smallest absolute Gasteiger partial charge is 0.404 e. The molecule has 0 aromatic carbocycles. The van der Waals surface area contributed by atoms with E-state index in [2.05, 4.69) is 10.3 Å². The van der Waals surface area contributed by atoms with Crippen LogP contribution in [-0.4, -0.2) is 39.7 Å². The summed E-state index contributed by atoms with van der Waals surface area (Å²) in [6, 6.07) is 4.03. The van der Waals surface area contributed by atoms with Crippen LogP contribution in [-0.2, 0) is 23.1 Å². The molecule has 0 fully saturated rings. The fourth-order valence-electron chi connectivity index (χ4n) is 3.26. The number of hydrogen-bond acceptors (Lipinski definition) is 6. The van der Waals surface area contributed by atoms with E-state index < -0.39 is 62.3 Å². The third kappa shape index (κ3) is 4.91. The maximum atomic E-state index is 15.6. The molecule has 0 saturated heterocycles. The minimum Gasteiger partial charge on any atom is -0.465 e. The Balaban J connectivity index is 2.22. The lowest BCUT2D eigenvalue weighted by molar-refractivity contribution is 0.174. The highest BCUT2D eigenvalue weighted by molar-refractivity contribution is 7.89. The molecule has 1 unspecified atom stereocenters. The van der Waals surface area contributed by atoms with E-state index in [9.17, 15) is 27.8 Å². The number of aliphatic hydroxyl groups is 1. The summed E-state index contributed by atoms with van der Waals surface area (Å²) in [6.45, 7) is 4.65. The molecular formula is C21H23F2N3O6S. The van der Waals surface area contributed by atoms with Gasteiger partial charge in [0, 0.05) is 24.0 Å². The van der Waals surface area contributed by atoms with Crippen LogP contribution in [0.15, 0.2) is 46.2 Å². The number of nitrogens with one attached hydrogen (secondary N) is 1. The fraction of sp³-hybridized carbons (Fsp3) is 0.333. The number of carboxylic acid groups (broad SMARTS) is 1. The van der Waals surface area contributed by atoms with Gasteiger partial charge in [-0.2, -0.15) is 12.8 Å². The maximum absolute atomic E-state index is 15.6. The van der Waals surface area contributed by atoms with Crippen LogP contribution >= 0.6 is 0 Å². The van der Waals surface area contributed by atoms with Crippen molar-refractivity contribution in [3.05, 3.63) is 59.7 Å². The third-order valence-electron chi connectivity index (χ3n) is 5.07. The highest BCUT2D eigenvalue weighted by Crippen LogP contribution is 2.34. The van der Waals surface area contributed by atoms with Crippen molar-refractivity contribution in [2.45, 2.75) is 44.9 Å². The number of aromatic nitrogens is 2. The zero-order chi connectivity index (χ0) is 24.6. The first kappa shape index (κ1) is 24.4. The topological polar surface area (TPSA) is 135 Å². The molecule has 33 heavy (non-hydrogen) atoms. The molecule has 0 bridgehead atoms. The van der Waals surface area contributed by atoms with Gasteiger partial charge in [0.05, 0.1) is 5.56 Å². The SMILES string of the molecule is CC(C)(C)C(Cc1cn(S(=O)(=O)c2ccc(CO)o2)c(-c2cccnc2F)c1F)NC(=O)O. The van der Waals surface area contributed by atoms with Gasteiger partial charge >= 0.3 is 16.1 Å². The van der Waals surface area contributed by atoms with Crippen molar-refractivity contribution in [2.24, 2.45) is 5.41 Å². The minimum absolute atomic E-state index is 0.0333. The van der Waals surface area contributed by atoms with Crippen molar-refractivity contribution in [2.75, 3.05) is 0 Å². The number of carbonyl (C=O) groups is 1. The Morgan fingerprint density at radius 3 is 2.52 bits per heavy atom. The Bertz CT molecular complexity index is 1280. The Hall–Kier alpha value is -3.25. The van der Waals surface area contributed by atoms with Crippen LogP contribution in [0.1, 0.15) is 32.1 Å². The lowest BCUT2D eigenvalue weighted by atomic mass is 9.83. The van der Waals surface area contributed by atoms with Crippen LogP contribution in [0.3, 0.4) is 0 Å². The van der Waals surface area contributed by atoms with Crippen LogP contribution < -0.4 is 5.32 Å². The molecule has 1 amide bonds. The number of furan rings is 1. The zero-order valence-electron chi connectivity index (χ0n) is 18.0. The molecule has 3 aromatic heterocycles. The van der Waals surface area contributed by atoms with Gasteiger partial charge in [0.15, 0.2) is 5.82 Å². The van der Waals surface area contributed by atoms with Gasteiger partial charge in [0.1, 0.15) is 18.1 Å². The number of rotatable bonds is 7. The van der Waals surface area contributed by atoms with Crippen LogP contribution in [0.2, 0.25) is 0 Å². The second-order valence-corrected chi connectivity index (χ2v) is 10.2. The van der Waals surface area contributed by atoms with Crippen molar-refractivity contribution in [3.8, 4) is 11.3 Å². The average molecular weight is 483 g/mol.